The fraction of sp³-hybridized carbons (Fsp3) is 0.278. The van der Waals surface area contributed by atoms with Crippen LogP contribution in [0.1, 0.15) is 12.5 Å². The van der Waals surface area contributed by atoms with Gasteiger partial charge in [-0.2, -0.15) is 0 Å². The van der Waals surface area contributed by atoms with Gasteiger partial charge in [0.15, 0.2) is 0 Å². The van der Waals surface area contributed by atoms with Crippen LogP contribution in [0.5, 0.6) is 11.5 Å². The Hall–Kier alpha value is -2.30. The number of carbonyl (C=O) groups excluding carboxylic acids is 1. The van der Waals surface area contributed by atoms with E-state index in [4.69, 9.17) is 14.0 Å². The van der Waals surface area contributed by atoms with Gasteiger partial charge in [-0.05, 0) is 36.8 Å². The summed E-state index contributed by atoms with van der Waals surface area (Å²) in [6, 6.07) is 15.3. The van der Waals surface area contributed by atoms with Crippen LogP contribution in [-0.2, 0) is 20.7 Å². The lowest BCUT2D eigenvalue weighted by Crippen LogP contribution is -2.34. The van der Waals surface area contributed by atoms with Crippen molar-refractivity contribution in [3.8, 4) is 11.5 Å². The first-order valence-electron chi connectivity index (χ1n) is 7.79. The average molecular weight is 363 g/mol. The molecule has 0 aromatic heterocycles. The summed E-state index contributed by atoms with van der Waals surface area (Å²) in [6.07, 6.45) is 0. The first-order valence-corrected chi connectivity index (χ1v) is 9.86. The Bertz CT molecular complexity index is 733. The van der Waals surface area contributed by atoms with Crippen LogP contribution >= 0.6 is 7.52 Å². The number of carbonyl (C=O) groups is 1. The van der Waals surface area contributed by atoms with Crippen molar-refractivity contribution in [3.05, 3.63) is 60.2 Å². The number of nitrogens with one attached hydrogen (secondary N) is 1. The Morgan fingerprint density at radius 2 is 1.68 bits per heavy atom. The third kappa shape index (κ3) is 6.25. The van der Waals surface area contributed by atoms with Gasteiger partial charge in [-0.1, -0.05) is 30.3 Å². The topological polar surface area (TPSA) is 73.9 Å². The van der Waals surface area contributed by atoms with E-state index in [9.17, 15) is 9.36 Å². The molecule has 6 nitrogen and oxygen atoms in total. The van der Waals surface area contributed by atoms with Gasteiger partial charge in [-0.25, -0.2) is 5.09 Å². The highest BCUT2D eigenvalue weighted by molar-refractivity contribution is 7.56. The van der Waals surface area contributed by atoms with Gasteiger partial charge in [0.05, 0.1) is 7.11 Å². The third-order valence-electron chi connectivity index (χ3n) is 3.34. The Morgan fingerprint density at radius 3 is 2.28 bits per heavy atom. The number of benzene rings is 2. The minimum Gasteiger partial charge on any atom is -0.497 e. The SMILES string of the molecule is COc1ccc(OP(C)(=O)N[C@@H](C)C(=O)OCc2ccccc2)cc1. The molecular weight excluding hydrogens is 341 g/mol. The monoisotopic (exact) mass is 363 g/mol. The van der Waals surface area contributed by atoms with Gasteiger partial charge in [0, 0.05) is 6.66 Å². The van der Waals surface area contributed by atoms with Crippen molar-refractivity contribution in [2.75, 3.05) is 13.8 Å². The number of hydrogen-bond donors (Lipinski definition) is 1. The molecule has 0 aliphatic heterocycles. The summed E-state index contributed by atoms with van der Waals surface area (Å²) in [7, 11) is -1.67. The molecule has 2 rings (SSSR count). The number of rotatable bonds is 8. The zero-order chi connectivity index (χ0) is 18.3. The number of esters is 1. The van der Waals surface area contributed by atoms with Crippen molar-refractivity contribution in [2.24, 2.45) is 0 Å². The molecule has 0 fully saturated rings. The number of ether oxygens (including phenoxy) is 2. The number of methoxy groups -OCH3 is 1. The van der Waals surface area contributed by atoms with Gasteiger partial charge in [-0.15, -0.1) is 0 Å². The highest BCUT2D eigenvalue weighted by Crippen LogP contribution is 2.39. The van der Waals surface area contributed by atoms with Crippen LogP contribution < -0.4 is 14.3 Å². The molecule has 0 radical (unpaired) electrons. The largest absolute Gasteiger partial charge is 0.497 e. The molecular formula is C18H22NO5P. The summed E-state index contributed by atoms with van der Waals surface area (Å²) >= 11 is 0. The Morgan fingerprint density at radius 1 is 1.08 bits per heavy atom. The lowest BCUT2D eigenvalue weighted by Gasteiger charge is -2.20. The van der Waals surface area contributed by atoms with E-state index in [0.717, 1.165) is 5.56 Å². The Balaban J connectivity index is 1.87. The summed E-state index contributed by atoms with van der Waals surface area (Å²) in [4.78, 5) is 12.1. The predicted octanol–water partition coefficient (Wildman–Crippen LogP) is 3.62. The van der Waals surface area contributed by atoms with Crippen molar-refractivity contribution < 1.29 is 23.4 Å². The maximum absolute atomic E-state index is 12.6. The Kier molecular flexibility index (Phi) is 6.62. The third-order valence-corrected chi connectivity index (χ3v) is 4.76. The molecule has 0 heterocycles. The van der Waals surface area contributed by atoms with Crippen molar-refractivity contribution >= 4 is 13.5 Å². The van der Waals surface area contributed by atoms with E-state index >= 15 is 0 Å². The highest BCUT2D eigenvalue weighted by Gasteiger charge is 2.25. The van der Waals surface area contributed by atoms with Crippen molar-refractivity contribution in [1.29, 1.82) is 0 Å². The zero-order valence-electron chi connectivity index (χ0n) is 14.5. The van der Waals surface area contributed by atoms with Gasteiger partial charge >= 0.3 is 13.5 Å². The van der Waals surface area contributed by atoms with Gasteiger partial charge in [-0.3, -0.25) is 9.36 Å². The van der Waals surface area contributed by atoms with E-state index in [1.807, 2.05) is 30.3 Å². The molecule has 0 aliphatic rings. The second kappa shape index (κ2) is 8.70. The van der Waals surface area contributed by atoms with Crippen LogP contribution in [-0.4, -0.2) is 25.8 Å². The van der Waals surface area contributed by atoms with Gasteiger partial charge < -0.3 is 14.0 Å². The molecule has 134 valence electrons. The van der Waals surface area contributed by atoms with Crippen LogP contribution in [0.2, 0.25) is 0 Å². The fourth-order valence-corrected chi connectivity index (χ4v) is 3.51. The molecule has 0 spiro atoms. The van der Waals surface area contributed by atoms with Crippen LogP contribution in [0.3, 0.4) is 0 Å². The molecule has 1 N–H and O–H groups in total. The molecule has 7 heteroatoms. The Labute approximate surface area is 147 Å². The lowest BCUT2D eigenvalue weighted by atomic mass is 10.2. The van der Waals surface area contributed by atoms with Gasteiger partial charge in [0.2, 0.25) is 0 Å². The van der Waals surface area contributed by atoms with E-state index in [0.29, 0.717) is 11.5 Å². The molecule has 2 atom stereocenters. The second-order valence-electron chi connectivity index (χ2n) is 5.56. The summed E-state index contributed by atoms with van der Waals surface area (Å²) in [5, 5.41) is 2.70. The molecule has 1 unspecified atom stereocenters. The molecule has 2 aromatic rings. The molecule has 2 aromatic carbocycles. The summed E-state index contributed by atoms with van der Waals surface area (Å²) < 4.78 is 28.3. The normalized spacial score (nSPS) is 14.2. The maximum atomic E-state index is 12.6. The maximum Gasteiger partial charge on any atom is 0.323 e. The number of hydrogen-bond acceptors (Lipinski definition) is 5. The minimum atomic E-state index is -3.24. The van der Waals surface area contributed by atoms with Gasteiger partial charge in [0.25, 0.3) is 0 Å². The molecule has 0 aliphatic carbocycles. The standard InChI is InChI=1S/C18H22NO5P/c1-14(18(20)23-13-15-7-5-4-6-8-15)19-25(3,21)24-17-11-9-16(22-2)10-12-17/h4-12,14H,13H2,1-3H3,(H,19,21)/t14-,25?/m0/s1. The quantitative estimate of drug-likeness (QED) is 0.570. The van der Waals surface area contributed by atoms with Crippen LogP contribution in [0.25, 0.3) is 0 Å². The zero-order valence-corrected chi connectivity index (χ0v) is 15.4. The minimum absolute atomic E-state index is 0.166. The van der Waals surface area contributed by atoms with Crippen molar-refractivity contribution in [1.82, 2.24) is 5.09 Å². The van der Waals surface area contributed by atoms with Crippen LogP contribution in [0.4, 0.5) is 0 Å². The average Bonchev–Trinajstić information content (AvgIpc) is 2.60. The van der Waals surface area contributed by atoms with Crippen LogP contribution in [0, 0.1) is 0 Å². The first-order chi connectivity index (χ1) is 11.9. The van der Waals surface area contributed by atoms with E-state index in [1.54, 1.807) is 38.3 Å². The van der Waals surface area contributed by atoms with E-state index in [-0.39, 0.29) is 6.61 Å². The molecule has 0 amide bonds. The van der Waals surface area contributed by atoms with E-state index in [2.05, 4.69) is 5.09 Å². The highest BCUT2D eigenvalue weighted by atomic mass is 31.2. The van der Waals surface area contributed by atoms with E-state index < -0.39 is 19.5 Å². The van der Waals surface area contributed by atoms with Crippen molar-refractivity contribution in [3.63, 3.8) is 0 Å². The smallest absolute Gasteiger partial charge is 0.323 e. The van der Waals surface area contributed by atoms with Gasteiger partial charge in [0.1, 0.15) is 24.1 Å². The van der Waals surface area contributed by atoms with E-state index in [1.165, 1.54) is 6.66 Å². The summed E-state index contributed by atoms with van der Waals surface area (Å²) in [5.74, 6) is 0.595. The van der Waals surface area contributed by atoms with Crippen molar-refractivity contribution in [2.45, 2.75) is 19.6 Å². The lowest BCUT2D eigenvalue weighted by molar-refractivity contribution is -0.146. The molecule has 25 heavy (non-hydrogen) atoms. The molecule has 0 saturated heterocycles. The summed E-state index contributed by atoms with van der Waals surface area (Å²) in [6.45, 7) is 3.16. The second-order valence-corrected chi connectivity index (χ2v) is 7.69. The fourth-order valence-electron chi connectivity index (χ4n) is 2.12. The van der Waals surface area contributed by atoms with Crippen LogP contribution in [0.15, 0.2) is 54.6 Å². The first kappa shape index (κ1) is 19.0. The predicted molar refractivity (Wildman–Crippen MR) is 96.0 cm³/mol. The molecule has 0 saturated carbocycles. The summed E-state index contributed by atoms with van der Waals surface area (Å²) in [5.41, 5.74) is 0.886. The molecule has 0 bridgehead atoms.